The molecule has 2 N–H and O–H groups in total. The minimum Gasteiger partial charge on any atom is -0.478 e. The largest absolute Gasteiger partial charge is 0.478 e. The molecule has 0 fully saturated rings. The molecule has 0 radical (unpaired) electrons. The summed E-state index contributed by atoms with van der Waals surface area (Å²) < 4.78 is 40.2. The highest BCUT2D eigenvalue weighted by Crippen LogP contribution is 2.34. The van der Waals surface area contributed by atoms with Crippen molar-refractivity contribution in [3.63, 3.8) is 0 Å². The Hall–Kier alpha value is -2.84. The molecular weight excluding hydrogens is 351 g/mol. The summed E-state index contributed by atoms with van der Waals surface area (Å²) in [5, 5.41) is 15.2. The second-order valence-electron chi connectivity index (χ2n) is 6.36. The molecule has 6 nitrogen and oxygen atoms in total. The van der Waals surface area contributed by atoms with Crippen molar-refractivity contribution >= 4 is 17.6 Å². The summed E-state index contributed by atoms with van der Waals surface area (Å²) in [5.41, 5.74) is -2.44. The third-order valence-electron chi connectivity index (χ3n) is 4.14. The molecule has 26 heavy (non-hydrogen) atoms. The number of anilines is 1. The number of halogens is 3. The summed E-state index contributed by atoms with van der Waals surface area (Å²) in [6.45, 7) is 5.44. The second kappa shape index (κ2) is 6.81. The van der Waals surface area contributed by atoms with Crippen LogP contribution < -0.4 is 5.32 Å². The van der Waals surface area contributed by atoms with Crippen LogP contribution in [-0.4, -0.2) is 26.8 Å². The fraction of sp³-hybridized carbons (Fsp3) is 0.353. The average Bonchev–Trinajstić information content (AvgIpc) is 3.01. The number of hydrogen-bond donors (Lipinski definition) is 2. The fourth-order valence-corrected chi connectivity index (χ4v) is 2.12. The number of carboxylic acid groups (broad SMARTS) is 1. The first-order chi connectivity index (χ1) is 12.0. The van der Waals surface area contributed by atoms with Crippen LogP contribution >= 0.6 is 0 Å². The van der Waals surface area contributed by atoms with Gasteiger partial charge in [0.05, 0.1) is 11.9 Å². The van der Waals surface area contributed by atoms with E-state index in [0.717, 1.165) is 0 Å². The first-order valence-electron chi connectivity index (χ1n) is 7.77. The van der Waals surface area contributed by atoms with Crippen LogP contribution in [0.3, 0.4) is 0 Å². The van der Waals surface area contributed by atoms with Gasteiger partial charge in [0, 0.05) is 11.1 Å². The number of carboxylic acids is 1. The van der Waals surface area contributed by atoms with E-state index in [1.165, 1.54) is 24.3 Å². The Kier molecular flexibility index (Phi) is 5.11. The molecule has 2 aromatic rings. The minimum absolute atomic E-state index is 0.0255. The second-order valence-corrected chi connectivity index (χ2v) is 6.36. The first-order valence-corrected chi connectivity index (χ1v) is 7.77. The number of nitrogens with one attached hydrogen (secondary N) is 1. The molecular formula is C17H18F3N3O3. The standard InChI is InChI=1S/C17H18F3N3O3/c1-4-16(2,3)15(26)22-10-5-7-11(8-6-10)23-13(17(18,19)20)12(9-21-23)14(24)25/h5-9H,4H2,1-3H3,(H,22,26)(H,24,25). The molecule has 140 valence electrons. The maximum absolute atomic E-state index is 13.2. The van der Waals surface area contributed by atoms with Crippen molar-refractivity contribution in [2.45, 2.75) is 33.4 Å². The molecule has 0 unspecified atom stereocenters. The number of nitrogens with zero attached hydrogens (tertiary/aromatic N) is 2. The van der Waals surface area contributed by atoms with Crippen LogP contribution in [0.25, 0.3) is 5.69 Å². The Labute approximate surface area is 147 Å². The number of carbonyl (C=O) groups is 2. The van der Waals surface area contributed by atoms with Gasteiger partial charge in [0.2, 0.25) is 5.91 Å². The molecule has 0 bridgehead atoms. The summed E-state index contributed by atoms with van der Waals surface area (Å²) >= 11 is 0. The number of benzene rings is 1. The lowest BCUT2D eigenvalue weighted by Gasteiger charge is -2.21. The summed E-state index contributed by atoms with van der Waals surface area (Å²) in [6, 6.07) is 5.51. The minimum atomic E-state index is -4.89. The number of rotatable bonds is 5. The van der Waals surface area contributed by atoms with Crippen molar-refractivity contribution in [1.82, 2.24) is 9.78 Å². The highest BCUT2D eigenvalue weighted by molar-refractivity contribution is 5.94. The van der Waals surface area contributed by atoms with Gasteiger partial charge in [-0.05, 0) is 30.7 Å². The molecule has 0 aliphatic rings. The quantitative estimate of drug-likeness (QED) is 0.835. The van der Waals surface area contributed by atoms with Gasteiger partial charge in [-0.25, -0.2) is 9.48 Å². The van der Waals surface area contributed by atoms with E-state index in [4.69, 9.17) is 5.11 Å². The van der Waals surface area contributed by atoms with Crippen LogP contribution in [-0.2, 0) is 11.0 Å². The van der Waals surface area contributed by atoms with Crippen LogP contribution in [0.1, 0.15) is 43.2 Å². The topological polar surface area (TPSA) is 84.2 Å². The summed E-state index contributed by atoms with van der Waals surface area (Å²) in [7, 11) is 0. The zero-order chi connectivity index (χ0) is 19.7. The zero-order valence-electron chi connectivity index (χ0n) is 14.4. The van der Waals surface area contributed by atoms with E-state index in [1.807, 2.05) is 6.92 Å². The van der Waals surface area contributed by atoms with E-state index in [9.17, 15) is 22.8 Å². The highest BCUT2D eigenvalue weighted by atomic mass is 19.4. The van der Waals surface area contributed by atoms with Crippen molar-refractivity contribution in [2.24, 2.45) is 5.41 Å². The summed E-state index contributed by atoms with van der Waals surface area (Å²) in [5.74, 6) is -1.93. The van der Waals surface area contributed by atoms with Gasteiger partial charge in [-0.15, -0.1) is 0 Å². The molecule has 1 aromatic heterocycles. The lowest BCUT2D eigenvalue weighted by atomic mass is 9.89. The van der Waals surface area contributed by atoms with E-state index in [0.29, 0.717) is 23.0 Å². The van der Waals surface area contributed by atoms with Crippen LogP contribution in [0.5, 0.6) is 0 Å². The van der Waals surface area contributed by atoms with E-state index in [1.54, 1.807) is 13.8 Å². The number of aromatic carboxylic acids is 1. The maximum atomic E-state index is 13.2. The number of alkyl halides is 3. The molecule has 0 saturated carbocycles. The van der Waals surface area contributed by atoms with Gasteiger partial charge in [0.15, 0.2) is 5.69 Å². The molecule has 1 heterocycles. The monoisotopic (exact) mass is 369 g/mol. The van der Waals surface area contributed by atoms with E-state index >= 15 is 0 Å². The predicted octanol–water partition coefficient (Wildman–Crippen LogP) is 3.96. The van der Waals surface area contributed by atoms with Gasteiger partial charge in [-0.2, -0.15) is 18.3 Å². The Morgan fingerprint density at radius 3 is 2.23 bits per heavy atom. The molecule has 9 heteroatoms. The lowest BCUT2D eigenvalue weighted by Crippen LogP contribution is -2.29. The molecule has 0 spiro atoms. The van der Waals surface area contributed by atoms with Gasteiger partial charge in [-0.1, -0.05) is 20.8 Å². The molecule has 0 saturated heterocycles. The molecule has 0 atom stereocenters. The lowest BCUT2D eigenvalue weighted by molar-refractivity contribution is -0.143. The van der Waals surface area contributed by atoms with E-state index in [2.05, 4.69) is 10.4 Å². The zero-order valence-corrected chi connectivity index (χ0v) is 14.4. The highest BCUT2D eigenvalue weighted by Gasteiger charge is 2.40. The normalized spacial score (nSPS) is 12.1. The number of carbonyl (C=O) groups excluding carboxylic acids is 1. The SMILES string of the molecule is CCC(C)(C)C(=O)Nc1ccc(-n2ncc(C(=O)O)c2C(F)(F)F)cc1. The summed E-state index contributed by atoms with van der Waals surface area (Å²) in [4.78, 5) is 23.2. The molecule has 0 aliphatic carbocycles. The van der Waals surface area contributed by atoms with Gasteiger partial charge < -0.3 is 10.4 Å². The van der Waals surface area contributed by atoms with Crippen LogP contribution in [0.15, 0.2) is 30.5 Å². The van der Waals surface area contributed by atoms with Crippen molar-refractivity contribution < 1.29 is 27.9 Å². The van der Waals surface area contributed by atoms with Crippen molar-refractivity contribution in [2.75, 3.05) is 5.32 Å². The van der Waals surface area contributed by atoms with Gasteiger partial charge in [0.1, 0.15) is 5.56 Å². The number of aromatic nitrogens is 2. The van der Waals surface area contributed by atoms with Gasteiger partial charge in [0.25, 0.3) is 0 Å². The van der Waals surface area contributed by atoms with Crippen LogP contribution in [0, 0.1) is 5.41 Å². The van der Waals surface area contributed by atoms with Crippen molar-refractivity contribution in [3.8, 4) is 5.69 Å². The Morgan fingerprint density at radius 1 is 1.19 bits per heavy atom. The Balaban J connectivity index is 2.35. The average molecular weight is 369 g/mol. The molecule has 1 amide bonds. The molecule has 2 rings (SSSR count). The van der Waals surface area contributed by atoms with Crippen LogP contribution in [0.4, 0.5) is 18.9 Å². The first kappa shape index (κ1) is 19.5. The van der Waals surface area contributed by atoms with Gasteiger partial charge in [-0.3, -0.25) is 4.79 Å². The maximum Gasteiger partial charge on any atom is 0.434 e. The number of hydrogen-bond acceptors (Lipinski definition) is 3. The van der Waals surface area contributed by atoms with Crippen LogP contribution in [0.2, 0.25) is 0 Å². The Morgan fingerprint density at radius 2 is 1.77 bits per heavy atom. The third-order valence-corrected chi connectivity index (χ3v) is 4.14. The van der Waals surface area contributed by atoms with E-state index in [-0.39, 0.29) is 11.6 Å². The van der Waals surface area contributed by atoms with Crippen molar-refractivity contribution in [1.29, 1.82) is 0 Å². The fourth-order valence-electron chi connectivity index (χ4n) is 2.12. The van der Waals surface area contributed by atoms with Gasteiger partial charge >= 0.3 is 12.1 Å². The number of amides is 1. The van der Waals surface area contributed by atoms with E-state index < -0.39 is 28.8 Å². The summed E-state index contributed by atoms with van der Waals surface area (Å²) in [6.07, 6.45) is -3.61. The Bertz CT molecular complexity index is 824. The molecule has 1 aromatic carbocycles. The van der Waals surface area contributed by atoms with Crippen molar-refractivity contribution in [3.05, 3.63) is 41.7 Å². The smallest absolute Gasteiger partial charge is 0.434 e. The third kappa shape index (κ3) is 3.87. The predicted molar refractivity (Wildman–Crippen MR) is 88.2 cm³/mol. The molecule has 0 aliphatic heterocycles.